The Bertz CT molecular complexity index is 642. The van der Waals surface area contributed by atoms with Crippen LogP contribution < -0.4 is 10.1 Å². The maximum absolute atomic E-state index is 11.8. The van der Waals surface area contributed by atoms with Crippen molar-refractivity contribution < 1.29 is 9.53 Å². The molecule has 0 aliphatic heterocycles. The van der Waals surface area contributed by atoms with Crippen LogP contribution >= 0.6 is 0 Å². The first-order valence-corrected chi connectivity index (χ1v) is 7.83. The first-order chi connectivity index (χ1) is 11.2. The van der Waals surface area contributed by atoms with Crippen LogP contribution in [0.3, 0.4) is 0 Å². The molecule has 0 saturated heterocycles. The number of nitrogens with one attached hydrogen (secondary N) is 1. The van der Waals surface area contributed by atoms with E-state index >= 15 is 0 Å². The van der Waals surface area contributed by atoms with Crippen molar-refractivity contribution in [2.45, 2.75) is 19.8 Å². The minimum absolute atomic E-state index is 0.0651. The fourth-order valence-corrected chi connectivity index (χ4v) is 2.20. The topological polar surface area (TPSA) is 38.3 Å². The van der Waals surface area contributed by atoms with Crippen LogP contribution in [0.15, 0.2) is 54.6 Å². The highest BCUT2D eigenvalue weighted by molar-refractivity contribution is 5.91. The lowest BCUT2D eigenvalue weighted by Gasteiger charge is -2.03. The van der Waals surface area contributed by atoms with E-state index in [1.165, 1.54) is 11.1 Å². The molecule has 0 heterocycles. The third kappa shape index (κ3) is 5.99. The van der Waals surface area contributed by atoms with Crippen LogP contribution in [0.4, 0.5) is 0 Å². The number of carbonyl (C=O) groups is 1. The van der Waals surface area contributed by atoms with Crippen molar-refractivity contribution in [1.82, 2.24) is 5.32 Å². The van der Waals surface area contributed by atoms with Gasteiger partial charge < -0.3 is 10.1 Å². The van der Waals surface area contributed by atoms with Crippen LogP contribution in [0, 0.1) is 6.92 Å². The Morgan fingerprint density at radius 2 is 1.78 bits per heavy atom. The number of methoxy groups -OCH3 is 1. The second kappa shape index (κ2) is 8.79. The van der Waals surface area contributed by atoms with E-state index in [1.807, 2.05) is 24.3 Å². The van der Waals surface area contributed by atoms with Crippen molar-refractivity contribution in [2.24, 2.45) is 0 Å². The molecule has 0 aliphatic rings. The fourth-order valence-electron chi connectivity index (χ4n) is 2.20. The van der Waals surface area contributed by atoms with Gasteiger partial charge in [0.05, 0.1) is 7.11 Å². The van der Waals surface area contributed by atoms with E-state index in [-0.39, 0.29) is 5.91 Å². The molecule has 0 bridgehead atoms. The van der Waals surface area contributed by atoms with Gasteiger partial charge in [-0.05, 0) is 49.1 Å². The summed E-state index contributed by atoms with van der Waals surface area (Å²) in [6.45, 7) is 2.76. The van der Waals surface area contributed by atoms with Crippen LogP contribution in [0.25, 0.3) is 6.08 Å². The molecule has 3 heteroatoms. The summed E-state index contributed by atoms with van der Waals surface area (Å²) in [5.74, 6) is 0.743. The predicted molar refractivity (Wildman–Crippen MR) is 94.5 cm³/mol. The Morgan fingerprint density at radius 1 is 1.09 bits per heavy atom. The molecular formula is C20H23NO2. The van der Waals surface area contributed by atoms with Crippen molar-refractivity contribution >= 4 is 12.0 Å². The lowest BCUT2D eigenvalue weighted by atomic mass is 10.1. The summed E-state index contributed by atoms with van der Waals surface area (Å²) in [6.07, 6.45) is 5.27. The van der Waals surface area contributed by atoms with Gasteiger partial charge in [-0.1, -0.05) is 42.0 Å². The maximum atomic E-state index is 11.8. The molecule has 23 heavy (non-hydrogen) atoms. The molecule has 0 saturated carbocycles. The summed E-state index contributed by atoms with van der Waals surface area (Å²) in [6, 6.07) is 16.1. The van der Waals surface area contributed by atoms with E-state index < -0.39 is 0 Å². The first kappa shape index (κ1) is 16.8. The van der Waals surface area contributed by atoms with Crippen molar-refractivity contribution in [3.8, 4) is 5.75 Å². The van der Waals surface area contributed by atoms with Gasteiger partial charge >= 0.3 is 0 Å². The van der Waals surface area contributed by atoms with E-state index in [2.05, 4.69) is 36.5 Å². The van der Waals surface area contributed by atoms with Crippen LogP contribution in [0.1, 0.15) is 23.1 Å². The van der Waals surface area contributed by atoms with Gasteiger partial charge in [-0.3, -0.25) is 4.79 Å². The molecule has 0 spiro atoms. The normalized spacial score (nSPS) is 10.7. The van der Waals surface area contributed by atoms with Crippen LogP contribution in [-0.4, -0.2) is 19.6 Å². The highest BCUT2D eigenvalue weighted by atomic mass is 16.5. The molecule has 2 aromatic rings. The van der Waals surface area contributed by atoms with E-state index in [0.29, 0.717) is 6.54 Å². The highest BCUT2D eigenvalue weighted by Gasteiger charge is 1.97. The van der Waals surface area contributed by atoms with Gasteiger partial charge in [-0.2, -0.15) is 0 Å². The minimum Gasteiger partial charge on any atom is -0.497 e. The Balaban J connectivity index is 1.69. The molecule has 1 N–H and O–H groups in total. The number of hydrogen-bond donors (Lipinski definition) is 1. The summed E-state index contributed by atoms with van der Waals surface area (Å²) in [7, 11) is 1.63. The van der Waals surface area contributed by atoms with Gasteiger partial charge in [0.15, 0.2) is 0 Å². The molecule has 0 unspecified atom stereocenters. The molecule has 0 aromatic heterocycles. The predicted octanol–water partition coefficient (Wildman–Crippen LogP) is 3.77. The van der Waals surface area contributed by atoms with Crippen molar-refractivity contribution in [3.05, 3.63) is 71.3 Å². The number of hydrogen-bond acceptors (Lipinski definition) is 2. The van der Waals surface area contributed by atoms with Gasteiger partial charge in [0.25, 0.3) is 0 Å². The molecule has 0 aliphatic carbocycles. The number of ether oxygens (including phenoxy) is 1. The second-order valence-corrected chi connectivity index (χ2v) is 5.49. The molecule has 3 nitrogen and oxygen atoms in total. The number of amides is 1. The lowest BCUT2D eigenvalue weighted by molar-refractivity contribution is -0.116. The Morgan fingerprint density at radius 3 is 2.43 bits per heavy atom. The van der Waals surface area contributed by atoms with Gasteiger partial charge in [-0.25, -0.2) is 0 Å². The summed E-state index contributed by atoms with van der Waals surface area (Å²) in [5, 5.41) is 2.91. The minimum atomic E-state index is -0.0651. The summed E-state index contributed by atoms with van der Waals surface area (Å²) in [5.41, 5.74) is 3.55. The zero-order valence-electron chi connectivity index (χ0n) is 13.7. The fraction of sp³-hybridized carbons (Fsp3) is 0.250. The highest BCUT2D eigenvalue weighted by Crippen LogP contribution is 2.12. The van der Waals surface area contributed by atoms with Gasteiger partial charge in [0.2, 0.25) is 5.91 Å². The Kier molecular flexibility index (Phi) is 6.42. The van der Waals surface area contributed by atoms with Crippen molar-refractivity contribution in [1.29, 1.82) is 0 Å². The number of carbonyl (C=O) groups excluding carboxylic acids is 1. The standard InChI is InChI=1S/C20H23NO2/c1-16-5-7-17(8-6-16)4-3-15-21-20(22)14-11-18-9-12-19(23-2)13-10-18/h5-14H,3-4,15H2,1-2H3,(H,21,22)/b14-11+. The van der Waals surface area contributed by atoms with Crippen molar-refractivity contribution in [2.75, 3.05) is 13.7 Å². The maximum Gasteiger partial charge on any atom is 0.243 e. The van der Waals surface area contributed by atoms with E-state index in [1.54, 1.807) is 19.3 Å². The number of aryl methyl sites for hydroxylation is 2. The van der Waals surface area contributed by atoms with E-state index in [9.17, 15) is 4.79 Å². The monoisotopic (exact) mass is 309 g/mol. The van der Waals surface area contributed by atoms with Gasteiger partial charge in [0.1, 0.15) is 5.75 Å². The third-order valence-corrected chi connectivity index (χ3v) is 3.61. The first-order valence-electron chi connectivity index (χ1n) is 7.83. The zero-order valence-corrected chi connectivity index (χ0v) is 13.7. The lowest BCUT2D eigenvalue weighted by Crippen LogP contribution is -2.22. The van der Waals surface area contributed by atoms with Crippen LogP contribution in [-0.2, 0) is 11.2 Å². The summed E-state index contributed by atoms with van der Waals surface area (Å²) in [4.78, 5) is 11.8. The third-order valence-electron chi connectivity index (χ3n) is 3.61. The quantitative estimate of drug-likeness (QED) is 0.624. The Labute approximate surface area is 138 Å². The zero-order chi connectivity index (χ0) is 16.5. The van der Waals surface area contributed by atoms with Crippen molar-refractivity contribution in [3.63, 3.8) is 0 Å². The molecule has 0 atom stereocenters. The summed E-state index contributed by atoms with van der Waals surface area (Å²) < 4.78 is 5.10. The smallest absolute Gasteiger partial charge is 0.243 e. The molecule has 0 fully saturated rings. The Hall–Kier alpha value is -2.55. The van der Waals surface area contributed by atoms with Crippen LogP contribution in [0.2, 0.25) is 0 Å². The van der Waals surface area contributed by atoms with Crippen LogP contribution in [0.5, 0.6) is 5.75 Å². The summed E-state index contributed by atoms with van der Waals surface area (Å²) >= 11 is 0. The molecule has 120 valence electrons. The average molecular weight is 309 g/mol. The number of benzene rings is 2. The molecule has 2 aromatic carbocycles. The largest absolute Gasteiger partial charge is 0.497 e. The van der Waals surface area contributed by atoms with Gasteiger partial charge in [-0.15, -0.1) is 0 Å². The SMILES string of the molecule is COc1ccc(/C=C/C(=O)NCCCc2ccc(C)cc2)cc1. The molecule has 0 radical (unpaired) electrons. The molecule has 1 amide bonds. The van der Waals surface area contributed by atoms with E-state index in [4.69, 9.17) is 4.74 Å². The molecule has 2 rings (SSSR count). The van der Waals surface area contributed by atoms with Gasteiger partial charge in [0, 0.05) is 12.6 Å². The second-order valence-electron chi connectivity index (χ2n) is 5.49. The number of rotatable bonds is 7. The average Bonchev–Trinajstić information content (AvgIpc) is 2.59. The van der Waals surface area contributed by atoms with E-state index in [0.717, 1.165) is 24.2 Å². The molecular weight excluding hydrogens is 286 g/mol.